The number of benzene rings is 2. The van der Waals surface area contributed by atoms with E-state index in [1.54, 1.807) is 0 Å². The topological polar surface area (TPSA) is 61.5 Å². The average molecular weight is 404 g/mol. The normalized spacial score (nSPS) is 16.5. The van der Waals surface area contributed by atoms with Crippen LogP contribution in [0.3, 0.4) is 0 Å². The summed E-state index contributed by atoms with van der Waals surface area (Å²) in [6.45, 7) is 0.302. The Kier molecular flexibility index (Phi) is 3.76. The van der Waals surface area contributed by atoms with Gasteiger partial charge in [-0.15, -0.1) is 10.2 Å². The lowest BCUT2D eigenvalue weighted by Crippen LogP contribution is -2.21. The summed E-state index contributed by atoms with van der Waals surface area (Å²) in [4.78, 5) is 0.521. The number of fused-ring (bicyclic) bond motifs is 2. The van der Waals surface area contributed by atoms with Gasteiger partial charge in [0.1, 0.15) is 6.61 Å². The van der Waals surface area contributed by atoms with Crippen LogP contribution in [0.5, 0.6) is 11.5 Å². The first-order valence-electron chi connectivity index (χ1n) is 8.27. The maximum absolute atomic E-state index is 12.8. The van der Waals surface area contributed by atoms with Gasteiger partial charge >= 0.3 is 6.18 Å². The molecule has 2 aromatic carbocycles. The first-order chi connectivity index (χ1) is 13.5. The number of para-hydroxylation sites is 2. The van der Waals surface area contributed by atoms with Crippen molar-refractivity contribution < 1.29 is 22.6 Å². The first kappa shape index (κ1) is 17.0. The fourth-order valence-electron chi connectivity index (χ4n) is 2.89. The van der Waals surface area contributed by atoms with E-state index < -0.39 is 17.8 Å². The third-order valence-electron chi connectivity index (χ3n) is 4.26. The predicted molar refractivity (Wildman–Crippen MR) is 94.4 cm³/mol. The van der Waals surface area contributed by atoms with E-state index in [1.165, 1.54) is 28.0 Å². The van der Waals surface area contributed by atoms with Crippen LogP contribution in [0.15, 0.2) is 48.5 Å². The molecule has 0 spiro atoms. The summed E-state index contributed by atoms with van der Waals surface area (Å²) in [7, 11) is 0. The summed E-state index contributed by atoms with van der Waals surface area (Å²) in [5.74, 6) is 1.67. The lowest BCUT2D eigenvalue weighted by atomic mass is 10.1. The number of aromatic nitrogens is 4. The number of ether oxygens (including phenoxy) is 2. The highest BCUT2D eigenvalue weighted by Crippen LogP contribution is 2.37. The van der Waals surface area contributed by atoms with Crippen LogP contribution in [0, 0.1) is 0 Å². The molecule has 0 aliphatic carbocycles. The molecule has 0 unspecified atom stereocenters. The van der Waals surface area contributed by atoms with Crippen LogP contribution in [0.25, 0.3) is 16.3 Å². The molecule has 142 valence electrons. The summed E-state index contributed by atoms with van der Waals surface area (Å²) in [5.41, 5.74) is -0.231. The van der Waals surface area contributed by atoms with Gasteiger partial charge in [0.15, 0.2) is 28.4 Å². The molecule has 4 aromatic rings. The maximum Gasteiger partial charge on any atom is 0.416 e. The minimum absolute atomic E-state index is 0.302. The van der Waals surface area contributed by atoms with E-state index in [0.717, 1.165) is 12.1 Å². The zero-order chi connectivity index (χ0) is 19.3. The number of nitrogens with zero attached hydrogens (tertiary/aromatic N) is 4. The number of rotatable bonds is 2. The van der Waals surface area contributed by atoms with E-state index in [1.807, 2.05) is 24.3 Å². The van der Waals surface area contributed by atoms with Crippen molar-refractivity contribution in [1.82, 2.24) is 19.8 Å². The molecule has 5 rings (SSSR count). The zero-order valence-corrected chi connectivity index (χ0v) is 14.9. The molecule has 2 aromatic heterocycles. The van der Waals surface area contributed by atoms with E-state index in [2.05, 4.69) is 15.3 Å². The van der Waals surface area contributed by atoms with Crippen LogP contribution in [-0.4, -0.2) is 26.4 Å². The standard InChI is InChI=1S/C18H11F3N4O2S/c19-18(20,21)11-7-5-10(6-8-11)15-22-23-17-25(15)24-16(28-17)14-9-26-12-3-1-2-4-13(12)27-14/h1-8,14H,9H2/t14-/m1/s1. The molecule has 1 aliphatic heterocycles. The van der Waals surface area contributed by atoms with Gasteiger partial charge in [0, 0.05) is 5.56 Å². The number of halogens is 3. The molecule has 0 bridgehead atoms. The minimum Gasteiger partial charge on any atom is -0.485 e. The molecule has 0 radical (unpaired) electrons. The summed E-state index contributed by atoms with van der Waals surface area (Å²) < 4.78 is 51.5. The summed E-state index contributed by atoms with van der Waals surface area (Å²) >= 11 is 1.29. The molecule has 28 heavy (non-hydrogen) atoms. The Bertz CT molecular complexity index is 1150. The van der Waals surface area contributed by atoms with Crippen molar-refractivity contribution in [1.29, 1.82) is 0 Å². The third kappa shape index (κ3) is 2.85. The van der Waals surface area contributed by atoms with E-state index in [4.69, 9.17) is 9.47 Å². The smallest absolute Gasteiger partial charge is 0.416 e. The molecule has 3 heterocycles. The van der Waals surface area contributed by atoms with Crippen LogP contribution in [0.1, 0.15) is 16.7 Å². The van der Waals surface area contributed by atoms with Crippen molar-refractivity contribution in [2.24, 2.45) is 0 Å². The zero-order valence-electron chi connectivity index (χ0n) is 14.1. The highest BCUT2D eigenvalue weighted by Gasteiger charge is 2.30. The SMILES string of the molecule is FC(F)(F)c1ccc(-c2nnc3sc([C@H]4COc5ccccc5O4)nn23)cc1. The van der Waals surface area contributed by atoms with Gasteiger partial charge in [0.05, 0.1) is 5.56 Å². The first-order valence-corrected chi connectivity index (χ1v) is 9.09. The van der Waals surface area contributed by atoms with Crippen molar-refractivity contribution in [3.63, 3.8) is 0 Å². The van der Waals surface area contributed by atoms with Gasteiger partial charge in [-0.2, -0.15) is 22.8 Å². The van der Waals surface area contributed by atoms with Gasteiger partial charge in [-0.05, 0) is 24.3 Å². The molecule has 0 saturated heterocycles. The molecule has 6 nitrogen and oxygen atoms in total. The van der Waals surface area contributed by atoms with Crippen molar-refractivity contribution in [3.05, 3.63) is 59.1 Å². The van der Waals surface area contributed by atoms with Crippen LogP contribution < -0.4 is 9.47 Å². The Morgan fingerprint density at radius 3 is 2.50 bits per heavy atom. The molecule has 0 saturated carbocycles. The van der Waals surface area contributed by atoms with E-state index in [9.17, 15) is 13.2 Å². The van der Waals surface area contributed by atoms with Crippen molar-refractivity contribution in [2.45, 2.75) is 12.3 Å². The van der Waals surface area contributed by atoms with Gasteiger partial charge in [-0.3, -0.25) is 0 Å². The van der Waals surface area contributed by atoms with Gasteiger partial charge in [-0.1, -0.05) is 35.6 Å². The Morgan fingerprint density at radius 1 is 1.00 bits per heavy atom. The fraction of sp³-hybridized carbons (Fsp3) is 0.167. The van der Waals surface area contributed by atoms with Crippen LogP contribution >= 0.6 is 11.3 Å². The van der Waals surface area contributed by atoms with Gasteiger partial charge in [0.2, 0.25) is 4.96 Å². The van der Waals surface area contributed by atoms with Crippen LogP contribution in [0.2, 0.25) is 0 Å². The molecular weight excluding hydrogens is 393 g/mol. The Morgan fingerprint density at radius 2 is 1.75 bits per heavy atom. The van der Waals surface area contributed by atoms with Gasteiger partial charge in [-0.25, -0.2) is 0 Å². The molecule has 1 aliphatic rings. The van der Waals surface area contributed by atoms with Crippen molar-refractivity contribution in [2.75, 3.05) is 6.61 Å². The maximum atomic E-state index is 12.8. The second-order valence-corrected chi connectivity index (χ2v) is 7.09. The van der Waals surface area contributed by atoms with Gasteiger partial charge < -0.3 is 9.47 Å². The second kappa shape index (κ2) is 6.20. The molecule has 0 N–H and O–H groups in total. The van der Waals surface area contributed by atoms with Crippen molar-refractivity contribution in [3.8, 4) is 22.9 Å². The van der Waals surface area contributed by atoms with E-state index >= 15 is 0 Å². The lowest BCUT2D eigenvalue weighted by molar-refractivity contribution is -0.137. The van der Waals surface area contributed by atoms with Crippen LogP contribution in [0.4, 0.5) is 13.2 Å². The Balaban J connectivity index is 1.46. The second-order valence-electron chi connectivity index (χ2n) is 6.10. The monoisotopic (exact) mass is 404 g/mol. The highest BCUT2D eigenvalue weighted by atomic mass is 32.1. The Hall–Kier alpha value is -3.14. The molecule has 10 heteroatoms. The third-order valence-corrected chi connectivity index (χ3v) is 5.25. The predicted octanol–water partition coefficient (Wildman–Crippen LogP) is 4.38. The number of hydrogen-bond acceptors (Lipinski definition) is 6. The van der Waals surface area contributed by atoms with E-state index in [0.29, 0.717) is 39.5 Å². The van der Waals surface area contributed by atoms with Crippen LogP contribution in [-0.2, 0) is 6.18 Å². The molecular formula is C18H11F3N4O2S. The fourth-order valence-corrected chi connectivity index (χ4v) is 3.74. The molecule has 1 atom stereocenters. The minimum atomic E-state index is -4.39. The molecule has 0 fully saturated rings. The summed E-state index contributed by atoms with van der Waals surface area (Å²) in [6.07, 6.45) is -4.79. The van der Waals surface area contributed by atoms with E-state index in [-0.39, 0.29) is 0 Å². The lowest BCUT2D eigenvalue weighted by Gasteiger charge is -2.24. The highest BCUT2D eigenvalue weighted by molar-refractivity contribution is 7.16. The van der Waals surface area contributed by atoms with Gasteiger partial charge in [0.25, 0.3) is 0 Å². The quantitative estimate of drug-likeness (QED) is 0.496. The summed E-state index contributed by atoms with van der Waals surface area (Å²) in [6, 6.07) is 12.1. The molecule has 0 amide bonds. The Labute approximate surface area is 160 Å². The summed E-state index contributed by atoms with van der Waals surface area (Å²) in [5, 5.41) is 13.3. The number of alkyl halides is 3. The average Bonchev–Trinajstić information content (AvgIpc) is 3.28. The largest absolute Gasteiger partial charge is 0.485 e. The van der Waals surface area contributed by atoms with Crippen molar-refractivity contribution >= 4 is 16.3 Å². The number of hydrogen-bond donors (Lipinski definition) is 0.